The molecule has 22 heavy (non-hydrogen) atoms. The SMILES string of the molecule is CC(C)c1cccc(CCC2C(C)CCC[C@@]2(C)C(=O)O)c1. The molecule has 1 aliphatic carbocycles. The second-order valence-electron chi connectivity index (χ2n) is 7.64. The lowest BCUT2D eigenvalue weighted by Crippen LogP contribution is -2.42. The maximum atomic E-state index is 11.8. The van der Waals surface area contributed by atoms with Crippen molar-refractivity contribution < 1.29 is 9.90 Å². The summed E-state index contributed by atoms with van der Waals surface area (Å²) < 4.78 is 0. The predicted octanol–water partition coefficient (Wildman–Crippen LogP) is 5.27. The Bertz CT molecular complexity index is 520. The first kappa shape index (κ1) is 17.1. The Morgan fingerprint density at radius 2 is 2.14 bits per heavy atom. The summed E-state index contributed by atoms with van der Waals surface area (Å²) in [5, 5.41) is 9.70. The summed E-state index contributed by atoms with van der Waals surface area (Å²) >= 11 is 0. The molecule has 0 aromatic heterocycles. The van der Waals surface area contributed by atoms with Crippen LogP contribution < -0.4 is 0 Å². The summed E-state index contributed by atoms with van der Waals surface area (Å²) in [5.41, 5.74) is 2.17. The van der Waals surface area contributed by atoms with Crippen molar-refractivity contribution in [3.8, 4) is 0 Å². The number of rotatable bonds is 5. The number of carboxylic acids is 1. The molecule has 122 valence electrons. The van der Waals surface area contributed by atoms with Gasteiger partial charge in [-0.1, -0.05) is 57.9 Å². The number of carboxylic acid groups (broad SMARTS) is 1. The molecule has 0 saturated heterocycles. The van der Waals surface area contributed by atoms with E-state index in [4.69, 9.17) is 0 Å². The summed E-state index contributed by atoms with van der Waals surface area (Å²) in [5.74, 6) is 0.711. The first-order valence-electron chi connectivity index (χ1n) is 8.67. The van der Waals surface area contributed by atoms with E-state index < -0.39 is 11.4 Å². The Hall–Kier alpha value is -1.31. The average Bonchev–Trinajstić information content (AvgIpc) is 2.47. The molecule has 1 fully saturated rings. The molecule has 2 unspecified atom stereocenters. The lowest BCUT2D eigenvalue weighted by molar-refractivity contribution is -0.155. The molecule has 3 atom stereocenters. The lowest BCUT2D eigenvalue weighted by atomic mass is 9.61. The molecule has 1 aromatic rings. The van der Waals surface area contributed by atoms with Crippen LogP contribution in [0.3, 0.4) is 0 Å². The van der Waals surface area contributed by atoms with Crippen LogP contribution in [0.1, 0.15) is 70.4 Å². The van der Waals surface area contributed by atoms with Gasteiger partial charge in [-0.15, -0.1) is 0 Å². The van der Waals surface area contributed by atoms with E-state index in [9.17, 15) is 9.90 Å². The van der Waals surface area contributed by atoms with Gasteiger partial charge in [-0.05, 0) is 55.1 Å². The van der Waals surface area contributed by atoms with Gasteiger partial charge in [0.2, 0.25) is 0 Å². The van der Waals surface area contributed by atoms with Crippen molar-refractivity contribution in [2.75, 3.05) is 0 Å². The highest BCUT2D eigenvalue weighted by Crippen LogP contribution is 2.46. The van der Waals surface area contributed by atoms with E-state index in [1.165, 1.54) is 17.5 Å². The smallest absolute Gasteiger partial charge is 0.309 e. The largest absolute Gasteiger partial charge is 0.481 e. The fourth-order valence-corrected chi connectivity index (χ4v) is 4.10. The van der Waals surface area contributed by atoms with E-state index in [-0.39, 0.29) is 5.92 Å². The Balaban J connectivity index is 2.11. The zero-order valence-electron chi connectivity index (χ0n) is 14.4. The number of aryl methyl sites for hydroxylation is 1. The minimum atomic E-state index is -0.611. The van der Waals surface area contributed by atoms with Gasteiger partial charge in [-0.2, -0.15) is 0 Å². The molecule has 0 amide bonds. The summed E-state index contributed by atoms with van der Waals surface area (Å²) in [7, 11) is 0. The molecular weight excluding hydrogens is 272 g/mol. The number of hydrogen-bond acceptors (Lipinski definition) is 1. The molecule has 0 aliphatic heterocycles. The van der Waals surface area contributed by atoms with Gasteiger partial charge in [0.25, 0.3) is 0 Å². The number of hydrogen-bond donors (Lipinski definition) is 1. The maximum Gasteiger partial charge on any atom is 0.309 e. The van der Waals surface area contributed by atoms with Gasteiger partial charge < -0.3 is 5.11 Å². The fourth-order valence-electron chi connectivity index (χ4n) is 4.10. The van der Waals surface area contributed by atoms with Crippen molar-refractivity contribution >= 4 is 5.97 Å². The summed E-state index contributed by atoms with van der Waals surface area (Å²) in [4.78, 5) is 11.8. The van der Waals surface area contributed by atoms with Gasteiger partial charge in [-0.25, -0.2) is 0 Å². The van der Waals surface area contributed by atoms with Crippen molar-refractivity contribution in [2.24, 2.45) is 17.3 Å². The number of aliphatic carboxylic acids is 1. The van der Waals surface area contributed by atoms with Crippen LogP contribution in [0.4, 0.5) is 0 Å². The Morgan fingerprint density at radius 1 is 1.41 bits per heavy atom. The topological polar surface area (TPSA) is 37.3 Å². The van der Waals surface area contributed by atoms with Crippen molar-refractivity contribution in [3.05, 3.63) is 35.4 Å². The van der Waals surface area contributed by atoms with Gasteiger partial charge in [-0.3, -0.25) is 4.79 Å². The molecule has 2 rings (SSSR count). The van der Waals surface area contributed by atoms with Crippen LogP contribution in [-0.2, 0) is 11.2 Å². The standard InChI is InChI=1S/C20H30O2/c1-14(2)17-9-5-8-16(13-17)10-11-18-15(3)7-6-12-20(18,4)19(21)22/h5,8-9,13-15,18H,6-7,10-12H2,1-4H3,(H,21,22)/t15?,18?,20-/m1/s1. The van der Waals surface area contributed by atoms with Crippen LogP contribution in [0, 0.1) is 17.3 Å². The first-order valence-corrected chi connectivity index (χ1v) is 8.67. The average molecular weight is 302 g/mol. The van der Waals surface area contributed by atoms with Crippen molar-refractivity contribution in [1.29, 1.82) is 0 Å². The van der Waals surface area contributed by atoms with E-state index in [2.05, 4.69) is 45.0 Å². The van der Waals surface area contributed by atoms with Gasteiger partial charge in [0, 0.05) is 0 Å². The fraction of sp³-hybridized carbons (Fsp3) is 0.650. The van der Waals surface area contributed by atoms with E-state index >= 15 is 0 Å². The highest BCUT2D eigenvalue weighted by molar-refractivity contribution is 5.74. The second kappa shape index (κ2) is 6.85. The minimum Gasteiger partial charge on any atom is -0.481 e. The third-order valence-electron chi connectivity index (χ3n) is 5.71. The lowest BCUT2D eigenvalue weighted by Gasteiger charge is -2.42. The quantitative estimate of drug-likeness (QED) is 0.804. The Labute approximate surface area is 134 Å². The van der Waals surface area contributed by atoms with Gasteiger partial charge in [0.1, 0.15) is 0 Å². The molecule has 1 aliphatic rings. The molecule has 1 saturated carbocycles. The van der Waals surface area contributed by atoms with Gasteiger partial charge >= 0.3 is 5.97 Å². The van der Waals surface area contributed by atoms with Crippen LogP contribution in [0.2, 0.25) is 0 Å². The Morgan fingerprint density at radius 3 is 2.77 bits per heavy atom. The molecule has 1 N–H and O–H groups in total. The first-order chi connectivity index (χ1) is 10.3. The van der Waals surface area contributed by atoms with Crippen LogP contribution in [0.5, 0.6) is 0 Å². The van der Waals surface area contributed by atoms with Crippen LogP contribution in [-0.4, -0.2) is 11.1 Å². The van der Waals surface area contributed by atoms with Crippen LogP contribution >= 0.6 is 0 Å². The molecule has 0 spiro atoms. The molecule has 1 aromatic carbocycles. The van der Waals surface area contributed by atoms with Crippen molar-refractivity contribution in [2.45, 2.75) is 65.7 Å². The van der Waals surface area contributed by atoms with Crippen LogP contribution in [0.25, 0.3) is 0 Å². The molecule has 0 heterocycles. The van der Waals surface area contributed by atoms with E-state index in [1.807, 2.05) is 6.92 Å². The van der Waals surface area contributed by atoms with Crippen molar-refractivity contribution in [3.63, 3.8) is 0 Å². The minimum absolute atomic E-state index is 0.279. The Kier molecular flexibility index (Phi) is 5.31. The molecule has 2 nitrogen and oxygen atoms in total. The normalized spacial score (nSPS) is 28.8. The number of carbonyl (C=O) groups is 1. The molecule has 0 bridgehead atoms. The van der Waals surface area contributed by atoms with Crippen molar-refractivity contribution in [1.82, 2.24) is 0 Å². The van der Waals surface area contributed by atoms with Gasteiger partial charge in [0.05, 0.1) is 5.41 Å². The molecular formula is C20H30O2. The summed E-state index contributed by atoms with van der Waals surface area (Å²) in [6, 6.07) is 8.78. The molecule has 2 heteroatoms. The summed E-state index contributed by atoms with van der Waals surface area (Å²) in [6.07, 6.45) is 5.00. The molecule has 0 radical (unpaired) electrons. The monoisotopic (exact) mass is 302 g/mol. The van der Waals surface area contributed by atoms with E-state index in [1.54, 1.807) is 0 Å². The third kappa shape index (κ3) is 3.53. The van der Waals surface area contributed by atoms with Crippen LogP contribution in [0.15, 0.2) is 24.3 Å². The number of benzene rings is 1. The predicted molar refractivity (Wildman–Crippen MR) is 91.1 cm³/mol. The van der Waals surface area contributed by atoms with Gasteiger partial charge in [0.15, 0.2) is 0 Å². The van der Waals surface area contributed by atoms with E-state index in [0.29, 0.717) is 11.8 Å². The second-order valence-corrected chi connectivity index (χ2v) is 7.64. The van der Waals surface area contributed by atoms with E-state index in [0.717, 1.165) is 25.7 Å². The third-order valence-corrected chi connectivity index (χ3v) is 5.71. The maximum absolute atomic E-state index is 11.8. The zero-order valence-corrected chi connectivity index (χ0v) is 14.4. The highest BCUT2D eigenvalue weighted by atomic mass is 16.4. The zero-order chi connectivity index (χ0) is 16.3. The summed E-state index contributed by atoms with van der Waals surface area (Å²) in [6.45, 7) is 8.61. The highest BCUT2D eigenvalue weighted by Gasteiger charge is 2.45.